The number of hydrogen-bond donors (Lipinski definition) is 4. The van der Waals surface area contributed by atoms with Crippen LogP contribution < -0.4 is 10.6 Å². The third-order valence-electron chi connectivity index (χ3n) is 2.45. The first-order valence-corrected chi connectivity index (χ1v) is 8.71. The van der Waals surface area contributed by atoms with E-state index in [0.717, 1.165) is 24.5 Å². The molecule has 9 heteroatoms. The second kappa shape index (κ2) is 12.0. The third kappa shape index (κ3) is 14.8. The molecule has 0 amide bonds. The Kier molecular flexibility index (Phi) is 10.8. The van der Waals surface area contributed by atoms with E-state index >= 15 is 0 Å². The molecule has 0 atom stereocenters. The van der Waals surface area contributed by atoms with E-state index in [1.807, 2.05) is 38.1 Å². The van der Waals surface area contributed by atoms with Gasteiger partial charge in [0.2, 0.25) is 0 Å². The van der Waals surface area contributed by atoms with E-state index in [4.69, 9.17) is 27.7 Å². The van der Waals surface area contributed by atoms with Gasteiger partial charge >= 0.3 is 0 Å². The summed E-state index contributed by atoms with van der Waals surface area (Å²) in [5.74, 6) is 0.608. The van der Waals surface area contributed by atoms with Crippen LogP contribution in [0, 0.1) is 0 Å². The van der Waals surface area contributed by atoms with Gasteiger partial charge in [0, 0.05) is 47.0 Å². The molecule has 0 aliphatic rings. The molecule has 8 nitrogen and oxygen atoms in total. The fourth-order valence-electron chi connectivity index (χ4n) is 1.64. The van der Waals surface area contributed by atoms with Crippen LogP contribution >= 0.6 is 0 Å². The number of anilines is 2. The molecule has 0 saturated carbocycles. The lowest BCUT2D eigenvalue weighted by Crippen LogP contribution is -1.94. The molecular weight excluding hydrogens is 348 g/mol. The number of nitrogens with one attached hydrogen (secondary N) is 2. The molecule has 0 heterocycles. The van der Waals surface area contributed by atoms with Crippen LogP contribution in [0.15, 0.2) is 48.5 Å². The van der Waals surface area contributed by atoms with Gasteiger partial charge in [-0.15, -0.1) is 0 Å². The standard InChI is InChI=1S/2C8H11NO.H2O4S/c2*1-2-9-7-4-3-5-8(10)6-7;1-5(2,3)4/h2*3-6,9-10H,2H2,1H3;(H2,1,2,3,4)/p-2. The molecular formula is C16H22N2O6S-2. The maximum Gasteiger partial charge on any atom is 0.117 e. The number of rotatable bonds is 4. The first-order valence-electron chi connectivity index (χ1n) is 7.38. The molecule has 2 aromatic carbocycles. The van der Waals surface area contributed by atoms with E-state index in [-0.39, 0.29) is 0 Å². The number of hydrogen-bond acceptors (Lipinski definition) is 8. The van der Waals surface area contributed by atoms with Crippen molar-refractivity contribution in [1.29, 1.82) is 0 Å². The number of aromatic hydroxyl groups is 2. The Hall–Kier alpha value is -2.49. The van der Waals surface area contributed by atoms with Gasteiger partial charge < -0.3 is 30.0 Å². The zero-order valence-corrected chi connectivity index (χ0v) is 14.8. The van der Waals surface area contributed by atoms with Gasteiger partial charge in [-0.1, -0.05) is 12.1 Å². The van der Waals surface area contributed by atoms with Crippen molar-refractivity contribution >= 4 is 21.8 Å². The van der Waals surface area contributed by atoms with E-state index in [9.17, 15) is 0 Å². The molecule has 0 aromatic heterocycles. The molecule has 2 aromatic rings. The van der Waals surface area contributed by atoms with Gasteiger partial charge in [0.1, 0.15) is 11.5 Å². The van der Waals surface area contributed by atoms with E-state index in [1.54, 1.807) is 24.3 Å². The largest absolute Gasteiger partial charge is 0.759 e. The smallest absolute Gasteiger partial charge is 0.117 e. The van der Waals surface area contributed by atoms with Gasteiger partial charge in [-0.25, -0.2) is 0 Å². The van der Waals surface area contributed by atoms with Crippen LogP contribution in [0.2, 0.25) is 0 Å². The van der Waals surface area contributed by atoms with Crippen LogP contribution in [0.25, 0.3) is 0 Å². The van der Waals surface area contributed by atoms with Crippen LogP contribution in [-0.2, 0) is 10.4 Å². The van der Waals surface area contributed by atoms with Gasteiger partial charge in [0.05, 0.1) is 0 Å². The zero-order chi connectivity index (χ0) is 19.3. The van der Waals surface area contributed by atoms with Crippen molar-refractivity contribution in [2.45, 2.75) is 13.8 Å². The normalized spacial score (nSPS) is 9.76. The summed E-state index contributed by atoms with van der Waals surface area (Å²) in [5, 5.41) is 24.2. The molecule has 0 spiro atoms. The fourth-order valence-corrected chi connectivity index (χ4v) is 1.64. The van der Waals surface area contributed by atoms with Crippen LogP contribution in [-0.4, -0.2) is 40.8 Å². The molecule has 0 fully saturated rings. The van der Waals surface area contributed by atoms with Crippen molar-refractivity contribution in [2.75, 3.05) is 23.7 Å². The van der Waals surface area contributed by atoms with Gasteiger partial charge in [-0.2, -0.15) is 0 Å². The average molecular weight is 370 g/mol. The maximum atomic E-state index is 9.00. The highest BCUT2D eigenvalue weighted by Crippen LogP contribution is 2.15. The molecule has 4 N–H and O–H groups in total. The van der Waals surface area contributed by atoms with E-state index in [2.05, 4.69) is 10.6 Å². The second-order valence-electron chi connectivity index (χ2n) is 4.57. The summed E-state index contributed by atoms with van der Waals surface area (Å²) in [6.45, 7) is 5.79. The SMILES string of the molecule is CCNc1cccc(O)c1.CCNc1cccc(O)c1.O=S(=O)([O-])[O-]. The van der Waals surface area contributed by atoms with Gasteiger partial charge in [-0.05, 0) is 38.1 Å². The molecule has 140 valence electrons. The molecule has 25 heavy (non-hydrogen) atoms. The van der Waals surface area contributed by atoms with Crippen molar-refractivity contribution < 1.29 is 27.7 Å². The highest BCUT2D eigenvalue weighted by atomic mass is 32.3. The monoisotopic (exact) mass is 370 g/mol. The molecule has 0 unspecified atom stereocenters. The Morgan fingerprint density at radius 3 is 1.40 bits per heavy atom. The maximum absolute atomic E-state index is 9.00. The highest BCUT2D eigenvalue weighted by Gasteiger charge is 1.89. The highest BCUT2D eigenvalue weighted by molar-refractivity contribution is 7.79. The van der Waals surface area contributed by atoms with Crippen molar-refractivity contribution in [2.24, 2.45) is 0 Å². The zero-order valence-electron chi connectivity index (χ0n) is 14.0. The molecule has 0 aliphatic heterocycles. The topological polar surface area (TPSA) is 145 Å². The third-order valence-corrected chi connectivity index (χ3v) is 2.45. The lowest BCUT2D eigenvalue weighted by molar-refractivity contribution is 0.352. The van der Waals surface area contributed by atoms with E-state index < -0.39 is 10.4 Å². The fraction of sp³-hybridized carbons (Fsp3) is 0.250. The van der Waals surface area contributed by atoms with Crippen molar-refractivity contribution in [3.63, 3.8) is 0 Å². The Morgan fingerprint density at radius 2 is 1.16 bits per heavy atom. The number of phenols is 2. The van der Waals surface area contributed by atoms with Crippen LogP contribution in [0.1, 0.15) is 13.8 Å². The number of benzene rings is 2. The first kappa shape index (κ1) is 22.5. The van der Waals surface area contributed by atoms with Crippen molar-refractivity contribution in [3.8, 4) is 11.5 Å². The lowest BCUT2D eigenvalue weighted by Gasteiger charge is -2.06. The quantitative estimate of drug-likeness (QED) is 0.474. The van der Waals surface area contributed by atoms with Gasteiger partial charge in [0.25, 0.3) is 0 Å². The van der Waals surface area contributed by atoms with Crippen LogP contribution in [0.3, 0.4) is 0 Å². The van der Waals surface area contributed by atoms with Crippen molar-refractivity contribution in [3.05, 3.63) is 48.5 Å². The summed E-state index contributed by atoms with van der Waals surface area (Å²) < 4.78 is 34.1. The summed E-state index contributed by atoms with van der Waals surface area (Å²) in [5.41, 5.74) is 1.92. The minimum absolute atomic E-state index is 0.304. The minimum atomic E-state index is -5.17. The van der Waals surface area contributed by atoms with E-state index in [1.165, 1.54) is 0 Å². The van der Waals surface area contributed by atoms with Gasteiger partial charge in [0.15, 0.2) is 0 Å². The molecule has 2 rings (SSSR count). The average Bonchev–Trinajstić information content (AvgIpc) is 2.47. The van der Waals surface area contributed by atoms with Crippen LogP contribution in [0.4, 0.5) is 11.4 Å². The molecule has 0 saturated heterocycles. The lowest BCUT2D eigenvalue weighted by atomic mass is 10.3. The Labute approximate surface area is 147 Å². The molecule has 0 bridgehead atoms. The predicted octanol–water partition coefficient (Wildman–Crippen LogP) is 2.31. The van der Waals surface area contributed by atoms with E-state index in [0.29, 0.717) is 11.5 Å². The summed E-state index contributed by atoms with van der Waals surface area (Å²) in [4.78, 5) is 0. The first-order chi connectivity index (χ1) is 11.7. The minimum Gasteiger partial charge on any atom is -0.759 e. The summed E-state index contributed by atoms with van der Waals surface area (Å²) in [6.07, 6.45) is 0. The second-order valence-corrected chi connectivity index (χ2v) is 5.39. The summed E-state index contributed by atoms with van der Waals surface area (Å²) >= 11 is 0. The predicted molar refractivity (Wildman–Crippen MR) is 95.0 cm³/mol. The Balaban J connectivity index is 0.000000368. The molecule has 0 aliphatic carbocycles. The summed E-state index contributed by atoms with van der Waals surface area (Å²) in [7, 11) is -5.17. The van der Waals surface area contributed by atoms with Crippen LogP contribution in [0.5, 0.6) is 11.5 Å². The van der Waals surface area contributed by atoms with Crippen molar-refractivity contribution in [1.82, 2.24) is 0 Å². The summed E-state index contributed by atoms with van der Waals surface area (Å²) in [6, 6.07) is 14.2. The molecule has 0 radical (unpaired) electrons. The Morgan fingerprint density at radius 1 is 0.840 bits per heavy atom. The number of phenolic OH excluding ortho intramolecular Hbond substituents is 2. The van der Waals surface area contributed by atoms with Gasteiger partial charge in [-0.3, -0.25) is 8.42 Å². The Bertz CT molecular complexity index is 667.